The van der Waals surface area contributed by atoms with E-state index < -0.39 is 16.1 Å². The molecule has 0 fully saturated rings. The van der Waals surface area contributed by atoms with Gasteiger partial charge in [0.1, 0.15) is 0 Å². The van der Waals surface area contributed by atoms with Gasteiger partial charge in [0, 0.05) is 19.2 Å². The van der Waals surface area contributed by atoms with Crippen LogP contribution < -0.4 is 10.0 Å². The van der Waals surface area contributed by atoms with Crippen molar-refractivity contribution in [2.75, 3.05) is 11.9 Å². The first-order valence-electron chi connectivity index (χ1n) is 7.88. The van der Waals surface area contributed by atoms with Crippen molar-refractivity contribution in [3.63, 3.8) is 0 Å². The van der Waals surface area contributed by atoms with Gasteiger partial charge in [0.2, 0.25) is 15.9 Å². The minimum Gasteiger partial charge on any atom is -0.391 e. The van der Waals surface area contributed by atoms with E-state index in [1.807, 2.05) is 30.3 Å². The van der Waals surface area contributed by atoms with Crippen LogP contribution in [0.5, 0.6) is 0 Å². The fourth-order valence-electron chi connectivity index (χ4n) is 2.47. The molecule has 2 rings (SSSR count). The SMILES string of the molecule is CC(=O)Nc1ccc(S(=O)(=O)NCC(O)Cc2ccccc2)c(C)c1. The molecule has 2 aromatic carbocycles. The molecule has 0 spiro atoms. The van der Waals surface area contributed by atoms with Gasteiger partial charge < -0.3 is 10.4 Å². The van der Waals surface area contributed by atoms with Crippen LogP contribution >= 0.6 is 0 Å². The molecule has 1 unspecified atom stereocenters. The molecule has 6 nitrogen and oxygen atoms in total. The smallest absolute Gasteiger partial charge is 0.240 e. The average Bonchev–Trinajstić information content (AvgIpc) is 2.53. The molecule has 3 N–H and O–H groups in total. The first-order valence-corrected chi connectivity index (χ1v) is 9.36. The number of sulfonamides is 1. The summed E-state index contributed by atoms with van der Waals surface area (Å²) in [5, 5.41) is 12.7. The van der Waals surface area contributed by atoms with Gasteiger partial charge in [-0.1, -0.05) is 30.3 Å². The summed E-state index contributed by atoms with van der Waals surface area (Å²) < 4.78 is 27.3. The van der Waals surface area contributed by atoms with E-state index in [1.54, 1.807) is 13.0 Å². The molecule has 0 aliphatic heterocycles. The second kappa shape index (κ2) is 8.24. The Hall–Kier alpha value is -2.22. The molecule has 0 saturated carbocycles. The summed E-state index contributed by atoms with van der Waals surface area (Å²) in [7, 11) is -3.75. The van der Waals surface area contributed by atoms with Gasteiger partial charge in [-0.2, -0.15) is 0 Å². The third-order valence-electron chi connectivity index (χ3n) is 3.61. The predicted octanol–water partition coefficient (Wildman–Crippen LogP) is 1.84. The Labute approximate surface area is 147 Å². The maximum absolute atomic E-state index is 12.4. The Morgan fingerprint density at radius 1 is 1.16 bits per heavy atom. The summed E-state index contributed by atoms with van der Waals surface area (Å²) in [5.41, 5.74) is 1.98. The highest BCUT2D eigenvalue weighted by Gasteiger charge is 2.18. The van der Waals surface area contributed by atoms with Crippen molar-refractivity contribution in [3.05, 3.63) is 59.7 Å². The number of hydrogen-bond donors (Lipinski definition) is 3. The van der Waals surface area contributed by atoms with Crippen LogP contribution in [0.4, 0.5) is 5.69 Å². The molecule has 0 aromatic heterocycles. The molecule has 0 aliphatic rings. The molecule has 7 heteroatoms. The predicted molar refractivity (Wildman–Crippen MR) is 96.8 cm³/mol. The van der Waals surface area contributed by atoms with Crippen LogP contribution in [0.2, 0.25) is 0 Å². The number of anilines is 1. The summed E-state index contributed by atoms with van der Waals surface area (Å²) in [5.74, 6) is -0.225. The molecule has 134 valence electrons. The molecule has 0 bridgehead atoms. The van der Waals surface area contributed by atoms with Gasteiger partial charge in [0.05, 0.1) is 11.0 Å². The van der Waals surface area contributed by atoms with E-state index in [0.29, 0.717) is 17.7 Å². The molecule has 0 saturated heterocycles. The molecule has 0 heterocycles. The van der Waals surface area contributed by atoms with Crippen LogP contribution in [-0.4, -0.2) is 32.1 Å². The summed E-state index contributed by atoms with van der Waals surface area (Å²) in [4.78, 5) is 11.2. The van der Waals surface area contributed by atoms with Gasteiger partial charge in [0.25, 0.3) is 0 Å². The average molecular weight is 362 g/mol. The highest BCUT2D eigenvalue weighted by Crippen LogP contribution is 2.19. The summed E-state index contributed by atoms with van der Waals surface area (Å²) in [6.07, 6.45) is -0.458. The number of rotatable bonds is 7. The third kappa shape index (κ3) is 5.67. The lowest BCUT2D eigenvalue weighted by atomic mass is 10.1. The molecular weight excluding hydrogens is 340 g/mol. The standard InChI is InChI=1S/C18H22N2O4S/c1-13-10-16(20-14(2)21)8-9-18(13)25(23,24)19-12-17(22)11-15-6-4-3-5-7-15/h3-10,17,19,22H,11-12H2,1-2H3,(H,20,21). The van der Waals surface area contributed by atoms with Crippen molar-refractivity contribution in [1.82, 2.24) is 4.72 Å². The Morgan fingerprint density at radius 2 is 1.84 bits per heavy atom. The fourth-order valence-corrected chi connectivity index (χ4v) is 3.77. The zero-order chi connectivity index (χ0) is 18.4. The maximum atomic E-state index is 12.4. The monoisotopic (exact) mass is 362 g/mol. The van der Waals surface area contributed by atoms with Gasteiger partial charge in [-0.3, -0.25) is 4.79 Å². The van der Waals surface area contributed by atoms with Crippen molar-refractivity contribution in [2.24, 2.45) is 0 Å². The normalized spacial score (nSPS) is 12.6. The summed E-state index contributed by atoms with van der Waals surface area (Å²) in [6.45, 7) is 2.96. The number of aliphatic hydroxyl groups is 1. The van der Waals surface area contributed by atoms with Crippen LogP contribution in [0, 0.1) is 6.92 Å². The molecule has 25 heavy (non-hydrogen) atoms. The number of aryl methyl sites for hydroxylation is 1. The van der Waals surface area contributed by atoms with Crippen LogP contribution in [0.1, 0.15) is 18.1 Å². The zero-order valence-electron chi connectivity index (χ0n) is 14.2. The van der Waals surface area contributed by atoms with Crippen LogP contribution in [0.3, 0.4) is 0 Å². The lowest BCUT2D eigenvalue weighted by molar-refractivity contribution is -0.114. The minimum absolute atomic E-state index is 0.0793. The topological polar surface area (TPSA) is 95.5 Å². The van der Waals surface area contributed by atoms with E-state index in [1.165, 1.54) is 19.1 Å². The lowest BCUT2D eigenvalue weighted by Gasteiger charge is -2.14. The molecule has 0 aliphatic carbocycles. The van der Waals surface area contributed by atoms with E-state index in [9.17, 15) is 18.3 Å². The van der Waals surface area contributed by atoms with Gasteiger partial charge in [0.15, 0.2) is 0 Å². The number of carbonyl (C=O) groups excluding carboxylic acids is 1. The Bertz CT molecular complexity index is 835. The van der Waals surface area contributed by atoms with Crippen molar-refractivity contribution < 1.29 is 18.3 Å². The maximum Gasteiger partial charge on any atom is 0.240 e. The molecule has 0 radical (unpaired) electrons. The molecule has 1 amide bonds. The number of nitrogens with one attached hydrogen (secondary N) is 2. The van der Waals surface area contributed by atoms with Crippen molar-refractivity contribution >= 4 is 21.6 Å². The Kier molecular flexibility index (Phi) is 6.30. The molecular formula is C18H22N2O4S. The largest absolute Gasteiger partial charge is 0.391 e. The first-order chi connectivity index (χ1) is 11.8. The van der Waals surface area contributed by atoms with Crippen molar-refractivity contribution in [3.8, 4) is 0 Å². The first kappa shape index (κ1) is 19.1. The van der Waals surface area contributed by atoms with Gasteiger partial charge in [-0.15, -0.1) is 0 Å². The van der Waals surface area contributed by atoms with E-state index in [2.05, 4.69) is 10.0 Å². The van der Waals surface area contributed by atoms with E-state index in [-0.39, 0.29) is 17.3 Å². The number of amides is 1. The number of aliphatic hydroxyl groups excluding tert-OH is 1. The number of hydrogen-bond acceptors (Lipinski definition) is 4. The van der Waals surface area contributed by atoms with E-state index in [0.717, 1.165) is 5.56 Å². The van der Waals surface area contributed by atoms with E-state index >= 15 is 0 Å². The zero-order valence-corrected chi connectivity index (χ0v) is 15.0. The highest BCUT2D eigenvalue weighted by atomic mass is 32.2. The Balaban J connectivity index is 2.02. The third-order valence-corrected chi connectivity index (χ3v) is 5.19. The lowest BCUT2D eigenvalue weighted by Crippen LogP contribution is -2.33. The summed E-state index contributed by atoms with van der Waals surface area (Å²) in [6, 6.07) is 13.9. The van der Waals surface area contributed by atoms with Gasteiger partial charge in [-0.25, -0.2) is 13.1 Å². The van der Waals surface area contributed by atoms with Crippen LogP contribution in [0.25, 0.3) is 0 Å². The fraction of sp³-hybridized carbons (Fsp3) is 0.278. The van der Waals surface area contributed by atoms with Crippen molar-refractivity contribution in [2.45, 2.75) is 31.3 Å². The van der Waals surface area contributed by atoms with E-state index in [4.69, 9.17) is 0 Å². The molecule has 2 aromatic rings. The van der Waals surface area contributed by atoms with Crippen LogP contribution in [0.15, 0.2) is 53.4 Å². The quantitative estimate of drug-likeness (QED) is 0.700. The highest BCUT2D eigenvalue weighted by molar-refractivity contribution is 7.89. The summed E-state index contributed by atoms with van der Waals surface area (Å²) >= 11 is 0. The number of benzene rings is 2. The second-order valence-electron chi connectivity index (χ2n) is 5.86. The second-order valence-corrected chi connectivity index (χ2v) is 7.59. The van der Waals surface area contributed by atoms with Gasteiger partial charge in [-0.05, 0) is 42.7 Å². The Morgan fingerprint density at radius 3 is 2.44 bits per heavy atom. The van der Waals surface area contributed by atoms with Crippen LogP contribution in [-0.2, 0) is 21.2 Å². The minimum atomic E-state index is -3.75. The van der Waals surface area contributed by atoms with Crippen molar-refractivity contribution in [1.29, 1.82) is 0 Å². The number of carbonyl (C=O) groups is 1. The van der Waals surface area contributed by atoms with Gasteiger partial charge >= 0.3 is 0 Å². The molecule has 1 atom stereocenters.